The lowest BCUT2D eigenvalue weighted by Gasteiger charge is -3.15. The first-order chi connectivity index (χ1) is 24.8. The van der Waals surface area contributed by atoms with Crippen molar-refractivity contribution < 1.29 is 52.9 Å². The van der Waals surface area contributed by atoms with Crippen molar-refractivity contribution in [1.29, 1.82) is 0 Å². The molecule has 9 rings (SSSR count). The van der Waals surface area contributed by atoms with Gasteiger partial charge in [-0.3, -0.25) is 49.5 Å². The first-order valence-corrected chi connectivity index (χ1v) is 16.1. The van der Waals surface area contributed by atoms with Crippen molar-refractivity contribution in [3.05, 3.63) is 120 Å². The van der Waals surface area contributed by atoms with Gasteiger partial charge in [-0.25, -0.2) is 0 Å². The van der Waals surface area contributed by atoms with Crippen molar-refractivity contribution in [2.24, 2.45) is 45.3 Å². The van der Waals surface area contributed by atoms with Gasteiger partial charge in [0.2, 0.25) is 0 Å². The highest BCUT2D eigenvalue weighted by Gasteiger charge is 3.25. The van der Waals surface area contributed by atoms with E-state index in [9.17, 15) is 49.5 Å². The molecule has 266 valence electrons. The monoisotopic (exact) mass is 713 g/mol. The Bertz CT molecular complexity index is 2090. The molecule has 6 aliphatic carbocycles. The van der Waals surface area contributed by atoms with E-state index in [1.54, 1.807) is 0 Å². The number of benzene rings is 3. The Morgan fingerprint density at radius 2 is 0.846 bits per heavy atom. The average Bonchev–Trinajstić information content (AvgIpc) is 3.14. The third kappa shape index (κ3) is 3.56. The van der Waals surface area contributed by atoms with Gasteiger partial charge in [0, 0.05) is 41.8 Å². The molecule has 0 aromatic heterocycles. The molecule has 17 nitrogen and oxygen atoms in total. The molecule has 0 amide bonds. The highest BCUT2D eigenvalue weighted by molar-refractivity contribution is 6.09. The summed E-state index contributed by atoms with van der Waals surface area (Å²) in [5, 5.41) is 33.2. The number of rotatable bonds is 14. The second kappa shape index (κ2) is 10.9. The van der Waals surface area contributed by atoms with E-state index < -0.39 is 84.0 Å². The summed E-state index contributed by atoms with van der Waals surface area (Å²) >= 11 is 0. The minimum Gasteiger partial charge on any atom is -0.469 e. The van der Waals surface area contributed by atoms with Crippen LogP contribution in [-0.2, 0) is 57.9 Å². The zero-order valence-corrected chi connectivity index (χ0v) is 27.1. The number of carbonyl (C=O) groups is 4. The van der Waals surface area contributed by atoms with Crippen molar-refractivity contribution in [1.82, 2.24) is 0 Å². The molecule has 3 aromatic rings. The minimum atomic E-state index is -1.46. The fourth-order valence-corrected chi connectivity index (χ4v) is 10.9. The van der Waals surface area contributed by atoms with E-state index in [2.05, 4.69) is 0 Å². The highest BCUT2D eigenvalue weighted by atomic mass is 16.6. The van der Waals surface area contributed by atoms with E-state index in [4.69, 9.17) is 18.9 Å². The Balaban J connectivity index is 1.08. The lowest BCUT2D eigenvalue weighted by molar-refractivity contribution is -0.699. The number of nitrogens with zero attached hydrogens (tertiary/aromatic N) is 3. The largest absolute Gasteiger partial charge is 0.469 e. The number of nitro benzene ring substituents is 3. The quantitative estimate of drug-likeness (QED) is 0.0995. The van der Waals surface area contributed by atoms with Gasteiger partial charge in [-0.05, 0) is 76.8 Å². The zero-order valence-electron chi connectivity index (χ0n) is 27.1. The molecule has 0 saturated heterocycles. The number of carbonyl (C=O) groups excluding carboxylic acids is 4. The Labute approximate surface area is 292 Å². The molecule has 6 saturated carbocycles. The van der Waals surface area contributed by atoms with Crippen LogP contribution in [0.3, 0.4) is 0 Å². The molecule has 0 N–H and O–H groups in total. The van der Waals surface area contributed by atoms with Gasteiger partial charge < -0.3 is 18.9 Å². The second-order valence-corrected chi connectivity index (χ2v) is 13.8. The van der Waals surface area contributed by atoms with Crippen LogP contribution in [0.1, 0.15) is 23.1 Å². The first-order valence-electron chi connectivity index (χ1n) is 16.1. The molecule has 3 aromatic carbocycles. The number of nitro groups is 3. The summed E-state index contributed by atoms with van der Waals surface area (Å²) in [5.41, 5.74) is -4.25. The predicted octanol–water partition coefficient (Wildman–Crippen LogP) is 3.98. The number of ether oxygens (including phenoxy) is 4. The predicted molar refractivity (Wildman–Crippen MR) is 169 cm³/mol. The Morgan fingerprint density at radius 3 is 1.15 bits per heavy atom. The molecule has 0 aliphatic heterocycles. The second-order valence-electron chi connectivity index (χ2n) is 13.8. The molecule has 6 fully saturated rings. The molecule has 4 unspecified atom stereocenters. The van der Waals surface area contributed by atoms with Gasteiger partial charge >= 0.3 is 23.9 Å². The Kier molecular flexibility index (Phi) is 6.88. The van der Waals surface area contributed by atoms with Crippen molar-refractivity contribution in [3.63, 3.8) is 0 Å². The molecule has 0 radical (unpaired) electrons. The number of non-ortho nitro benzene ring substituents is 3. The third-order valence-electron chi connectivity index (χ3n) is 12.4. The number of hydrogen-bond acceptors (Lipinski definition) is 14. The summed E-state index contributed by atoms with van der Waals surface area (Å²) < 4.78 is 22.2. The standard InChI is InChI=1S/C35H27N3O14/c1-49-24(39)14-32-25-27-33(32,29(40)50-15-18-2-8-21(9-3-18)36(43)44)28-26(32)34(25,30(41)51-16-19-4-10-22(11-5-19)37(45)46)35(27,28)31(42)52-17-20-6-12-23(13-7-20)38(47)48/h2-13,25-28H,14-17H2,1H3. The summed E-state index contributed by atoms with van der Waals surface area (Å²) in [5.74, 6) is -5.40. The number of methoxy groups -OCH3 is 1. The molecule has 4 atom stereocenters. The maximum atomic E-state index is 14.2. The normalized spacial score (nSPS) is 31.4. The van der Waals surface area contributed by atoms with Crippen molar-refractivity contribution in [2.45, 2.75) is 26.2 Å². The van der Waals surface area contributed by atoms with Crippen LogP contribution in [0.25, 0.3) is 0 Å². The van der Waals surface area contributed by atoms with Crippen LogP contribution in [0.5, 0.6) is 0 Å². The molecule has 0 bridgehead atoms. The molecule has 17 heteroatoms. The third-order valence-corrected chi connectivity index (χ3v) is 12.4. The van der Waals surface area contributed by atoms with Crippen LogP contribution >= 0.6 is 0 Å². The van der Waals surface area contributed by atoms with Crippen LogP contribution in [0.4, 0.5) is 17.1 Å². The van der Waals surface area contributed by atoms with Crippen LogP contribution in [0.15, 0.2) is 72.8 Å². The van der Waals surface area contributed by atoms with E-state index in [1.807, 2.05) is 0 Å². The van der Waals surface area contributed by atoms with Gasteiger partial charge in [0.15, 0.2) is 0 Å². The lowest BCUT2D eigenvalue weighted by Crippen LogP contribution is -3.21. The fourth-order valence-electron chi connectivity index (χ4n) is 10.9. The Morgan fingerprint density at radius 1 is 0.538 bits per heavy atom. The van der Waals surface area contributed by atoms with Crippen molar-refractivity contribution in [2.75, 3.05) is 7.11 Å². The molecule has 0 heterocycles. The summed E-state index contributed by atoms with van der Waals surface area (Å²) in [6.07, 6.45) is -0.205. The van der Waals surface area contributed by atoms with Crippen LogP contribution in [0.2, 0.25) is 0 Å². The fraction of sp³-hybridized carbons (Fsp3) is 0.371. The average molecular weight is 714 g/mol. The number of hydrogen-bond donors (Lipinski definition) is 0. The summed E-state index contributed by atoms with van der Waals surface area (Å²) in [4.78, 5) is 86.7. The van der Waals surface area contributed by atoms with E-state index in [1.165, 1.54) is 79.9 Å². The van der Waals surface area contributed by atoms with Gasteiger partial charge in [0.25, 0.3) is 17.1 Å². The van der Waals surface area contributed by atoms with E-state index in [0.717, 1.165) is 0 Å². The maximum Gasteiger partial charge on any atom is 0.314 e. The Hall–Kier alpha value is -6.26. The molecular weight excluding hydrogens is 686 g/mol. The van der Waals surface area contributed by atoms with E-state index in [0.29, 0.717) is 16.7 Å². The van der Waals surface area contributed by atoms with Crippen LogP contribution < -0.4 is 0 Å². The van der Waals surface area contributed by atoms with E-state index >= 15 is 0 Å². The molecule has 6 aliphatic rings. The summed E-state index contributed by atoms with van der Waals surface area (Å²) in [6, 6.07) is 16.2. The van der Waals surface area contributed by atoms with Gasteiger partial charge in [0.05, 0.1) is 44.5 Å². The SMILES string of the molecule is COC(=O)CC12C3C4C1(C(=O)OCc1ccc([N+](=O)[O-])cc1)C1C2C3(C(=O)OCc2ccc([N+](=O)[O-])cc2)C41C(=O)OCc1ccc([N+](=O)[O-])cc1. The van der Waals surface area contributed by atoms with E-state index in [-0.39, 0.29) is 43.3 Å². The van der Waals surface area contributed by atoms with Gasteiger partial charge in [-0.15, -0.1) is 0 Å². The molecule has 0 spiro atoms. The lowest BCUT2D eigenvalue weighted by atomic mass is 8.84. The van der Waals surface area contributed by atoms with Crippen LogP contribution in [0, 0.1) is 75.7 Å². The molecule has 52 heavy (non-hydrogen) atoms. The minimum absolute atomic E-state index is 0.145. The van der Waals surface area contributed by atoms with Crippen molar-refractivity contribution in [3.8, 4) is 0 Å². The first kappa shape index (κ1) is 32.9. The number of esters is 4. The van der Waals surface area contributed by atoms with Crippen molar-refractivity contribution >= 4 is 40.9 Å². The zero-order chi connectivity index (χ0) is 37.0. The smallest absolute Gasteiger partial charge is 0.314 e. The van der Waals surface area contributed by atoms with Crippen LogP contribution in [-0.4, -0.2) is 45.8 Å². The van der Waals surface area contributed by atoms with Gasteiger partial charge in [-0.2, -0.15) is 0 Å². The highest BCUT2D eigenvalue weighted by Crippen LogP contribution is 3.19. The summed E-state index contributed by atoms with van der Waals surface area (Å²) in [7, 11) is 1.20. The summed E-state index contributed by atoms with van der Waals surface area (Å²) in [6.45, 7) is -0.762. The molecular formula is C35H27N3O14. The van der Waals surface area contributed by atoms with Gasteiger partial charge in [-0.1, -0.05) is 0 Å². The topological polar surface area (TPSA) is 235 Å². The van der Waals surface area contributed by atoms with Gasteiger partial charge in [0.1, 0.15) is 19.8 Å². The maximum absolute atomic E-state index is 14.2.